The highest BCUT2D eigenvalue weighted by molar-refractivity contribution is 14.0. The Labute approximate surface area is 150 Å². The summed E-state index contributed by atoms with van der Waals surface area (Å²) in [7, 11) is 1.94. The van der Waals surface area contributed by atoms with Gasteiger partial charge in [0, 0.05) is 25.8 Å². The van der Waals surface area contributed by atoms with Crippen molar-refractivity contribution in [2.75, 3.05) is 26.2 Å². The summed E-state index contributed by atoms with van der Waals surface area (Å²) < 4.78 is 1.83. The molecule has 1 unspecified atom stereocenters. The molecule has 1 aliphatic heterocycles. The van der Waals surface area contributed by atoms with Gasteiger partial charge in [0.2, 0.25) is 0 Å². The maximum atomic E-state index is 5.93. The third kappa shape index (κ3) is 6.12. The largest absolute Gasteiger partial charge is 0.370 e. The molecule has 1 atom stereocenters. The van der Waals surface area contributed by atoms with Gasteiger partial charge in [-0.05, 0) is 44.3 Å². The monoisotopic (exact) mass is 420 g/mol. The molecule has 1 aromatic rings. The molecule has 1 fully saturated rings. The van der Waals surface area contributed by atoms with Crippen molar-refractivity contribution in [1.82, 2.24) is 20.0 Å². The number of nitrogens with one attached hydrogen (secondary N) is 1. The molecule has 1 saturated heterocycles. The molecular weight excluding hydrogens is 391 g/mol. The minimum Gasteiger partial charge on any atom is -0.370 e. The van der Waals surface area contributed by atoms with E-state index < -0.39 is 0 Å². The fraction of sp³-hybridized carbons (Fsp3) is 0.733. The highest BCUT2D eigenvalue weighted by atomic mass is 127. The molecule has 2 rings (SSSR count). The van der Waals surface area contributed by atoms with Crippen LogP contribution in [0, 0.1) is 0 Å². The molecular formula is C15H29IN6. The molecule has 7 heteroatoms. The molecule has 0 spiro atoms. The highest BCUT2D eigenvalue weighted by Crippen LogP contribution is 2.16. The molecule has 22 heavy (non-hydrogen) atoms. The van der Waals surface area contributed by atoms with E-state index in [2.05, 4.69) is 33.4 Å². The van der Waals surface area contributed by atoms with Crippen LogP contribution in [0.4, 0.5) is 0 Å². The number of nitrogens with two attached hydrogens (primary N) is 1. The van der Waals surface area contributed by atoms with E-state index in [4.69, 9.17) is 5.73 Å². The van der Waals surface area contributed by atoms with E-state index in [0.29, 0.717) is 12.0 Å². The summed E-state index contributed by atoms with van der Waals surface area (Å²) in [6.45, 7) is 6.19. The van der Waals surface area contributed by atoms with Gasteiger partial charge in [-0.3, -0.25) is 14.6 Å². The Balaban J connectivity index is 0.00000242. The number of likely N-dealkylation sites (tertiary alicyclic amines) is 1. The van der Waals surface area contributed by atoms with Gasteiger partial charge in [0.15, 0.2) is 5.96 Å². The summed E-state index contributed by atoms with van der Waals surface area (Å²) in [4.78, 5) is 6.96. The van der Waals surface area contributed by atoms with Crippen molar-refractivity contribution in [2.24, 2.45) is 17.8 Å². The summed E-state index contributed by atoms with van der Waals surface area (Å²) in [5.41, 5.74) is 7.19. The van der Waals surface area contributed by atoms with E-state index in [1.54, 1.807) is 0 Å². The average Bonchev–Trinajstić information content (AvgIpc) is 3.09. The zero-order valence-electron chi connectivity index (χ0n) is 13.7. The van der Waals surface area contributed by atoms with E-state index in [1.165, 1.54) is 24.9 Å². The number of halogens is 1. The smallest absolute Gasteiger partial charge is 0.188 e. The van der Waals surface area contributed by atoms with Crippen molar-refractivity contribution in [2.45, 2.75) is 38.6 Å². The Kier molecular flexibility index (Phi) is 8.77. The summed E-state index contributed by atoms with van der Waals surface area (Å²) in [6.07, 6.45) is 8.54. The van der Waals surface area contributed by atoms with Crippen LogP contribution in [0.3, 0.4) is 0 Å². The zero-order valence-corrected chi connectivity index (χ0v) is 16.0. The Morgan fingerprint density at radius 3 is 3.05 bits per heavy atom. The molecule has 0 aliphatic carbocycles. The van der Waals surface area contributed by atoms with Crippen LogP contribution in [0.25, 0.3) is 0 Å². The third-order valence-electron chi connectivity index (χ3n) is 4.08. The lowest BCUT2D eigenvalue weighted by Crippen LogP contribution is -2.36. The molecule has 1 aliphatic rings. The number of likely N-dealkylation sites (N-methyl/N-ethyl adjacent to an activating group) is 1. The van der Waals surface area contributed by atoms with E-state index in [0.717, 1.165) is 32.5 Å². The molecule has 0 amide bonds. The first-order chi connectivity index (χ1) is 10.2. The van der Waals surface area contributed by atoms with Crippen molar-refractivity contribution in [3.8, 4) is 0 Å². The van der Waals surface area contributed by atoms with Crippen LogP contribution in [-0.2, 0) is 13.5 Å². The highest BCUT2D eigenvalue weighted by Gasteiger charge is 2.22. The fourth-order valence-electron chi connectivity index (χ4n) is 2.89. The third-order valence-corrected chi connectivity index (χ3v) is 4.08. The van der Waals surface area contributed by atoms with Gasteiger partial charge in [-0.25, -0.2) is 0 Å². The molecule has 0 aromatic carbocycles. The Bertz CT molecular complexity index is 459. The Morgan fingerprint density at radius 2 is 2.36 bits per heavy atom. The normalized spacial score (nSPS) is 19.2. The number of guanidine groups is 1. The second-order valence-corrected chi connectivity index (χ2v) is 5.70. The molecule has 126 valence electrons. The number of hydrogen-bond donors (Lipinski definition) is 2. The van der Waals surface area contributed by atoms with Gasteiger partial charge in [0.25, 0.3) is 0 Å². The van der Waals surface area contributed by atoms with Gasteiger partial charge >= 0.3 is 0 Å². The van der Waals surface area contributed by atoms with Gasteiger partial charge in [-0.1, -0.05) is 6.92 Å². The summed E-state index contributed by atoms with van der Waals surface area (Å²) in [6, 6.07) is 0.575. The molecule has 0 saturated carbocycles. The lowest BCUT2D eigenvalue weighted by molar-refractivity contribution is 0.273. The first kappa shape index (κ1) is 19.2. The van der Waals surface area contributed by atoms with Crippen LogP contribution in [-0.4, -0.2) is 52.9 Å². The first-order valence-electron chi connectivity index (χ1n) is 7.94. The standard InChI is InChI=1S/C15H28N6.HI/c1-3-21-9-5-7-14(21)11-18-15(16)17-8-4-6-13-10-19-20(2)12-13;/h10,12,14H,3-9,11H2,1-2H3,(H3,16,17,18);1H. The van der Waals surface area contributed by atoms with Crippen molar-refractivity contribution >= 4 is 29.9 Å². The number of aromatic nitrogens is 2. The maximum Gasteiger partial charge on any atom is 0.188 e. The van der Waals surface area contributed by atoms with Crippen LogP contribution in [0.5, 0.6) is 0 Å². The summed E-state index contributed by atoms with van der Waals surface area (Å²) in [5.74, 6) is 0.573. The molecule has 2 heterocycles. The van der Waals surface area contributed by atoms with E-state index in [9.17, 15) is 0 Å². The predicted octanol–water partition coefficient (Wildman–Crippen LogP) is 1.36. The minimum absolute atomic E-state index is 0. The van der Waals surface area contributed by atoms with Crippen LogP contribution in [0.2, 0.25) is 0 Å². The molecule has 0 radical (unpaired) electrons. The molecule has 0 bridgehead atoms. The number of rotatable bonds is 7. The number of aliphatic imine (C=N–C) groups is 1. The average molecular weight is 420 g/mol. The predicted molar refractivity (Wildman–Crippen MR) is 102 cm³/mol. The van der Waals surface area contributed by atoms with E-state index in [1.807, 2.05) is 17.9 Å². The van der Waals surface area contributed by atoms with Gasteiger partial charge in [-0.2, -0.15) is 5.10 Å². The fourth-order valence-corrected chi connectivity index (χ4v) is 2.89. The van der Waals surface area contributed by atoms with Gasteiger partial charge in [0.1, 0.15) is 0 Å². The van der Waals surface area contributed by atoms with Crippen LogP contribution < -0.4 is 11.1 Å². The molecule has 6 nitrogen and oxygen atoms in total. The van der Waals surface area contributed by atoms with Crippen LogP contribution in [0.15, 0.2) is 17.4 Å². The lowest BCUT2D eigenvalue weighted by atomic mass is 10.2. The van der Waals surface area contributed by atoms with E-state index in [-0.39, 0.29) is 24.0 Å². The summed E-state index contributed by atoms with van der Waals surface area (Å²) in [5, 5.41) is 7.36. The Morgan fingerprint density at radius 1 is 1.55 bits per heavy atom. The first-order valence-corrected chi connectivity index (χ1v) is 7.94. The van der Waals surface area contributed by atoms with E-state index >= 15 is 0 Å². The van der Waals surface area contributed by atoms with Crippen LogP contribution >= 0.6 is 24.0 Å². The van der Waals surface area contributed by atoms with Gasteiger partial charge in [0.05, 0.1) is 12.7 Å². The maximum absolute atomic E-state index is 5.93. The topological polar surface area (TPSA) is 71.5 Å². The summed E-state index contributed by atoms with van der Waals surface area (Å²) >= 11 is 0. The number of hydrogen-bond acceptors (Lipinski definition) is 3. The molecule has 1 aromatic heterocycles. The van der Waals surface area contributed by atoms with Crippen molar-refractivity contribution in [3.05, 3.63) is 18.0 Å². The SMILES string of the molecule is CCN1CCCC1CN=C(N)NCCCc1cnn(C)c1.I. The van der Waals surface area contributed by atoms with Gasteiger partial charge < -0.3 is 11.1 Å². The minimum atomic E-state index is 0. The van der Waals surface area contributed by atoms with Crippen molar-refractivity contribution in [3.63, 3.8) is 0 Å². The second-order valence-electron chi connectivity index (χ2n) is 5.70. The van der Waals surface area contributed by atoms with Crippen molar-refractivity contribution < 1.29 is 0 Å². The van der Waals surface area contributed by atoms with Crippen molar-refractivity contribution in [1.29, 1.82) is 0 Å². The second kappa shape index (κ2) is 10.0. The Hall–Kier alpha value is -0.830. The lowest BCUT2D eigenvalue weighted by Gasteiger charge is -2.20. The zero-order chi connectivity index (χ0) is 15.1. The quantitative estimate of drug-likeness (QED) is 0.303. The van der Waals surface area contributed by atoms with Crippen LogP contribution in [0.1, 0.15) is 31.7 Å². The molecule has 3 N–H and O–H groups in total. The number of aryl methyl sites for hydroxylation is 2. The number of nitrogens with zero attached hydrogens (tertiary/aromatic N) is 4. The van der Waals surface area contributed by atoms with Gasteiger partial charge in [-0.15, -0.1) is 24.0 Å².